The van der Waals surface area contributed by atoms with Gasteiger partial charge < -0.3 is 4.42 Å². The maximum Gasteiger partial charge on any atom is 0.416 e. The maximum absolute atomic E-state index is 13.7. The minimum atomic E-state index is -4.55. The Morgan fingerprint density at radius 2 is 1.69 bits per heavy atom. The summed E-state index contributed by atoms with van der Waals surface area (Å²) in [4.78, 5) is 27.9. The van der Waals surface area contributed by atoms with E-state index in [4.69, 9.17) is 4.42 Å². The number of alkyl halides is 3. The molecule has 0 saturated carbocycles. The van der Waals surface area contributed by atoms with E-state index in [0.717, 1.165) is 17.0 Å². The number of hydrogen-bond acceptors (Lipinski definition) is 6. The van der Waals surface area contributed by atoms with Crippen molar-refractivity contribution in [2.75, 3.05) is 11.5 Å². The normalized spacial score (nSPS) is 20.5. The molecule has 1 atom stereocenters. The van der Waals surface area contributed by atoms with Crippen LogP contribution in [0.15, 0.2) is 82.3 Å². The summed E-state index contributed by atoms with van der Waals surface area (Å²) in [5.74, 6) is -2.08. The number of benzene rings is 2. The summed E-state index contributed by atoms with van der Waals surface area (Å²) in [6.45, 7) is 0. The van der Waals surface area contributed by atoms with Crippen molar-refractivity contribution < 1.29 is 35.6 Å². The van der Waals surface area contributed by atoms with Gasteiger partial charge in [0.15, 0.2) is 9.84 Å². The Bertz CT molecular complexity index is 1700. The summed E-state index contributed by atoms with van der Waals surface area (Å²) in [5, 5.41) is 9.94. The van der Waals surface area contributed by atoms with Crippen LogP contribution in [0.3, 0.4) is 0 Å². The van der Waals surface area contributed by atoms with E-state index in [2.05, 4.69) is 0 Å². The van der Waals surface area contributed by atoms with Crippen LogP contribution in [0.2, 0.25) is 0 Å². The SMILES string of the molecule is N#CC1=C(c2ccccc2)/C(=C/c2ccc(-c3cccc(C(F)(F)F)c3)o2)C(=O)N(C2CCS(=O)(=O)C2)C1=O. The fourth-order valence-electron chi connectivity index (χ4n) is 4.72. The second-order valence-electron chi connectivity index (χ2n) is 9.10. The molecule has 0 radical (unpaired) electrons. The van der Waals surface area contributed by atoms with Gasteiger partial charge in [-0.3, -0.25) is 14.5 Å². The molecule has 11 heteroatoms. The van der Waals surface area contributed by atoms with Gasteiger partial charge in [0.1, 0.15) is 23.2 Å². The van der Waals surface area contributed by atoms with Crippen LogP contribution in [0.4, 0.5) is 13.2 Å². The molecule has 3 heterocycles. The van der Waals surface area contributed by atoms with E-state index in [-0.39, 0.29) is 46.0 Å². The second kappa shape index (κ2) is 9.71. The maximum atomic E-state index is 13.7. The van der Waals surface area contributed by atoms with Gasteiger partial charge in [-0.1, -0.05) is 42.5 Å². The fraction of sp³-hybridized carbons (Fsp3) is 0.179. The number of furan rings is 1. The Morgan fingerprint density at radius 3 is 2.33 bits per heavy atom. The van der Waals surface area contributed by atoms with E-state index < -0.39 is 45.2 Å². The summed E-state index contributed by atoms with van der Waals surface area (Å²) < 4.78 is 69.5. The highest BCUT2D eigenvalue weighted by molar-refractivity contribution is 7.91. The van der Waals surface area contributed by atoms with E-state index in [9.17, 15) is 36.4 Å². The first-order valence-electron chi connectivity index (χ1n) is 11.8. The quantitative estimate of drug-likeness (QED) is 0.337. The highest BCUT2D eigenvalue weighted by Crippen LogP contribution is 2.38. The molecule has 7 nitrogen and oxygen atoms in total. The van der Waals surface area contributed by atoms with Crippen LogP contribution in [0.5, 0.6) is 0 Å². The Hall–Kier alpha value is -4.43. The van der Waals surface area contributed by atoms with E-state index in [1.54, 1.807) is 30.3 Å². The van der Waals surface area contributed by atoms with E-state index in [1.807, 2.05) is 6.07 Å². The lowest BCUT2D eigenvalue weighted by molar-refractivity contribution is -0.142. The Balaban J connectivity index is 1.63. The number of hydrogen-bond donors (Lipinski definition) is 0. The minimum absolute atomic E-state index is 0.0485. The lowest BCUT2D eigenvalue weighted by Crippen LogP contribution is -2.49. The van der Waals surface area contributed by atoms with E-state index in [0.29, 0.717) is 5.56 Å². The van der Waals surface area contributed by atoms with Crippen LogP contribution < -0.4 is 0 Å². The van der Waals surface area contributed by atoms with Crippen molar-refractivity contribution in [1.82, 2.24) is 4.90 Å². The topological polar surface area (TPSA) is 108 Å². The largest absolute Gasteiger partial charge is 0.457 e. The Kier molecular flexibility index (Phi) is 6.52. The Labute approximate surface area is 221 Å². The lowest BCUT2D eigenvalue weighted by atomic mass is 9.87. The fourth-order valence-corrected chi connectivity index (χ4v) is 6.42. The number of rotatable bonds is 4. The van der Waals surface area contributed by atoms with E-state index >= 15 is 0 Å². The third kappa shape index (κ3) is 5.03. The molecule has 3 aromatic rings. The number of carbonyl (C=O) groups excluding carboxylic acids is 2. The zero-order valence-electron chi connectivity index (χ0n) is 20.1. The third-order valence-corrected chi connectivity index (χ3v) is 8.29. The zero-order valence-corrected chi connectivity index (χ0v) is 20.9. The predicted molar refractivity (Wildman–Crippen MR) is 135 cm³/mol. The van der Waals surface area contributed by atoms with Crippen molar-refractivity contribution in [2.45, 2.75) is 18.6 Å². The summed E-state index contributed by atoms with van der Waals surface area (Å²) in [7, 11) is -3.46. The number of imide groups is 1. The molecule has 39 heavy (non-hydrogen) atoms. The van der Waals surface area contributed by atoms with Gasteiger partial charge in [0.2, 0.25) is 0 Å². The van der Waals surface area contributed by atoms with Crippen LogP contribution in [-0.4, -0.2) is 42.7 Å². The summed E-state index contributed by atoms with van der Waals surface area (Å²) in [5.41, 5.74) is -0.637. The van der Waals surface area contributed by atoms with Crippen molar-refractivity contribution in [1.29, 1.82) is 5.26 Å². The first-order valence-corrected chi connectivity index (χ1v) is 13.6. The molecule has 1 fully saturated rings. The smallest absolute Gasteiger partial charge is 0.416 e. The van der Waals surface area contributed by atoms with Crippen molar-refractivity contribution in [3.05, 3.63) is 94.8 Å². The standard InChI is InChI=1S/C28H19F3N2O5S/c29-28(30,31)19-8-4-7-18(13-19)24-10-9-21(38-24)14-22-25(17-5-2-1-3-6-17)23(15-32)27(35)33(26(22)34)20-11-12-39(36,37)16-20/h1-10,13-14,20H,11-12,16H2/b22-14-. The van der Waals surface area contributed by atoms with Gasteiger partial charge in [0.25, 0.3) is 11.8 Å². The molecule has 5 rings (SSSR count). The number of amides is 2. The molecule has 0 N–H and O–H groups in total. The number of nitriles is 1. The molecular formula is C28H19F3N2O5S. The van der Waals surface area contributed by atoms with Crippen LogP contribution in [0.1, 0.15) is 23.3 Å². The Morgan fingerprint density at radius 1 is 0.974 bits per heavy atom. The molecule has 198 valence electrons. The highest BCUT2D eigenvalue weighted by Gasteiger charge is 2.45. The first kappa shape index (κ1) is 26.2. The van der Waals surface area contributed by atoms with Crippen LogP contribution in [0, 0.1) is 11.3 Å². The van der Waals surface area contributed by atoms with Crippen molar-refractivity contribution in [2.24, 2.45) is 0 Å². The zero-order chi connectivity index (χ0) is 27.9. The average Bonchev–Trinajstić information content (AvgIpc) is 3.51. The average molecular weight is 553 g/mol. The number of sulfone groups is 1. The summed E-state index contributed by atoms with van der Waals surface area (Å²) in [6.07, 6.45) is -3.19. The molecule has 1 aromatic heterocycles. The van der Waals surface area contributed by atoms with Crippen LogP contribution in [-0.2, 0) is 25.6 Å². The van der Waals surface area contributed by atoms with Gasteiger partial charge >= 0.3 is 6.18 Å². The number of nitrogens with zero attached hydrogens (tertiary/aromatic N) is 2. The molecule has 0 spiro atoms. The minimum Gasteiger partial charge on any atom is -0.457 e. The summed E-state index contributed by atoms with van der Waals surface area (Å²) >= 11 is 0. The first-order chi connectivity index (χ1) is 18.5. The molecule has 0 aliphatic carbocycles. The molecule has 1 saturated heterocycles. The van der Waals surface area contributed by atoms with Crippen LogP contribution in [0.25, 0.3) is 23.0 Å². The van der Waals surface area contributed by atoms with Gasteiger partial charge in [-0.15, -0.1) is 0 Å². The van der Waals surface area contributed by atoms with Crippen molar-refractivity contribution in [3.63, 3.8) is 0 Å². The molecule has 2 amide bonds. The third-order valence-electron chi connectivity index (χ3n) is 6.54. The second-order valence-corrected chi connectivity index (χ2v) is 11.3. The van der Waals surface area contributed by atoms with Gasteiger partial charge in [-0.25, -0.2) is 8.42 Å². The van der Waals surface area contributed by atoms with Crippen LogP contribution >= 0.6 is 0 Å². The molecule has 1 unspecified atom stereocenters. The molecule has 2 aliphatic rings. The number of carbonyl (C=O) groups is 2. The predicted octanol–water partition coefficient (Wildman–Crippen LogP) is 4.88. The molecular weight excluding hydrogens is 533 g/mol. The monoisotopic (exact) mass is 552 g/mol. The van der Waals surface area contributed by atoms with Gasteiger partial charge in [0.05, 0.1) is 28.7 Å². The number of halogens is 3. The molecule has 2 aromatic carbocycles. The highest BCUT2D eigenvalue weighted by atomic mass is 32.2. The van der Waals surface area contributed by atoms with Crippen molar-refractivity contribution in [3.8, 4) is 17.4 Å². The van der Waals surface area contributed by atoms with E-state index in [1.165, 1.54) is 30.3 Å². The van der Waals surface area contributed by atoms with Gasteiger partial charge in [0, 0.05) is 11.1 Å². The molecule has 0 bridgehead atoms. The van der Waals surface area contributed by atoms with Crippen molar-refractivity contribution >= 4 is 33.3 Å². The van der Waals surface area contributed by atoms with Gasteiger partial charge in [-0.2, -0.15) is 18.4 Å². The summed E-state index contributed by atoms with van der Waals surface area (Å²) in [6, 6.07) is 16.7. The lowest BCUT2D eigenvalue weighted by Gasteiger charge is -2.32. The van der Waals surface area contributed by atoms with Gasteiger partial charge in [-0.05, 0) is 42.3 Å². The molecule has 2 aliphatic heterocycles.